The summed E-state index contributed by atoms with van der Waals surface area (Å²) in [5, 5.41) is 53.9. The Morgan fingerprint density at radius 3 is 1.91 bits per heavy atom. The maximum atomic E-state index is 15.5. The van der Waals surface area contributed by atoms with Crippen molar-refractivity contribution in [2.45, 2.75) is 204 Å². The molecule has 0 saturated carbocycles. The quantitative estimate of drug-likeness (QED) is 0.0317. The normalized spacial score (nSPS) is 23.3. The van der Waals surface area contributed by atoms with Gasteiger partial charge in [0, 0.05) is 80.0 Å². The molecular formula is C58H92N10O16S2. The molecule has 1 unspecified atom stereocenters. The third-order valence-corrected chi connectivity index (χ3v) is 18.8. The number of hydrogen-bond acceptors (Lipinski definition) is 17. The van der Waals surface area contributed by atoms with E-state index in [9.17, 15) is 68.4 Å². The molecule has 15 N–H and O–H groups in total. The Labute approximate surface area is 511 Å². The van der Waals surface area contributed by atoms with Crippen molar-refractivity contribution in [1.82, 2.24) is 31.5 Å². The van der Waals surface area contributed by atoms with Crippen LogP contribution in [0.25, 0.3) is 0 Å². The van der Waals surface area contributed by atoms with Crippen LogP contribution in [0.5, 0.6) is 0 Å². The smallest absolute Gasteiger partial charge is 0.304 e. The first-order valence-electron chi connectivity index (χ1n) is 28.6. The van der Waals surface area contributed by atoms with Crippen molar-refractivity contribution in [3.05, 3.63) is 35.4 Å². The van der Waals surface area contributed by atoms with E-state index < -0.39 is 185 Å². The first-order chi connectivity index (χ1) is 39.7. The van der Waals surface area contributed by atoms with Gasteiger partial charge in [-0.1, -0.05) is 80.5 Å². The number of carboxylic acid groups (broad SMARTS) is 2. The number of aliphatic imine (C=N–C) groups is 1. The van der Waals surface area contributed by atoms with E-state index in [2.05, 4.69) is 31.6 Å². The number of benzene rings is 1. The third kappa shape index (κ3) is 25.0. The Balaban J connectivity index is 3.07. The molecule has 1 fully saturated rings. The summed E-state index contributed by atoms with van der Waals surface area (Å²) in [6.07, 6.45) is -6.06. The van der Waals surface area contributed by atoms with Gasteiger partial charge < -0.3 is 69.1 Å². The summed E-state index contributed by atoms with van der Waals surface area (Å²) in [7, 11) is 3.29. The molecule has 86 heavy (non-hydrogen) atoms. The first-order valence-corrected chi connectivity index (χ1v) is 30.7. The van der Waals surface area contributed by atoms with Crippen molar-refractivity contribution in [3.8, 4) is 0 Å². The van der Waals surface area contributed by atoms with Crippen LogP contribution >= 0.6 is 21.6 Å². The van der Waals surface area contributed by atoms with E-state index in [1.54, 1.807) is 53.7 Å². The van der Waals surface area contributed by atoms with Crippen molar-refractivity contribution in [3.63, 3.8) is 0 Å². The molecule has 28 heteroatoms. The molecule has 2 rings (SSSR count). The number of Topliss-reactive ketones (excluding diaryl/α,β-unsaturated/α-hetero) is 3. The molecule has 482 valence electrons. The van der Waals surface area contributed by atoms with E-state index in [0.717, 1.165) is 45.9 Å². The van der Waals surface area contributed by atoms with Gasteiger partial charge >= 0.3 is 11.9 Å². The van der Waals surface area contributed by atoms with Crippen molar-refractivity contribution >= 4 is 98.2 Å². The largest absolute Gasteiger partial charge is 0.481 e. The maximum Gasteiger partial charge on any atom is 0.304 e. The number of carboxylic acids is 2. The first kappa shape index (κ1) is 75.4. The highest BCUT2D eigenvalue weighted by molar-refractivity contribution is 8.77. The van der Waals surface area contributed by atoms with E-state index in [4.69, 9.17) is 17.2 Å². The van der Waals surface area contributed by atoms with Crippen LogP contribution in [0.2, 0.25) is 0 Å². The van der Waals surface area contributed by atoms with E-state index in [1.807, 2.05) is 32.9 Å². The molecule has 1 saturated heterocycles. The predicted molar refractivity (Wildman–Crippen MR) is 324 cm³/mol. The van der Waals surface area contributed by atoms with Gasteiger partial charge in [-0.15, -0.1) is 0 Å². The lowest BCUT2D eigenvalue weighted by atomic mass is 9.84. The number of aliphatic carboxylic acids is 2. The van der Waals surface area contributed by atoms with E-state index >= 15 is 9.59 Å². The number of nitrogens with zero attached hydrogens (tertiary/aromatic N) is 2. The van der Waals surface area contributed by atoms with Crippen LogP contribution in [-0.4, -0.2) is 174 Å². The summed E-state index contributed by atoms with van der Waals surface area (Å²) < 4.78 is -2.84. The molecule has 1 aliphatic heterocycles. The van der Waals surface area contributed by atoms with Crippen LogP contribution in [0.4, 0.5) is 0 Å². The number of guanidine groups is 1. The number of amides is 7. The Kier molecular flexibility index (Phi) is 29.9. The lowest BCUT2D eigenvalue weighted by Crippen LogP contribution is -2.61. The third-order valence-electron chi connectivity index (χ3n) is 14.6. The van der Waals surface area contributed by atoms with Gasteiger partial charge in [-0.2, -0.15) is 0 Å². The van der Waals surface area contributed by atoms with Crippen LogP contribution < -0.4 is 43.8 Å². The van der Waals surface area contributed by atoms with Gasteiger partial charge in [-0.3, -0.25) is 62.5 Å². The molecule has 0 aromatic heterocycles. The highest BCUT2D eigenvalue weighted by Crippen LogP contribution is 2.47. The molecule has 0 bridgehead atoms. The second kappa shape index (κ2) is 34.0. The average molecular weight is 1250 g/mol. The lowest BCUT2D eigenvalue weighted by molar-refractivity contribution is -0.144. The highest BCUT2D eigenvalue weighted by Gasteiger charge is 2.47. The van der Waals surface area contributed by atoms with E-state index in [1.165, 1.54) is 7.05 Å². The van der Waals surface area contributed by atoms with Gasteiger partial charge in [0.25, 0.3) is 0 Å². The second-order valence-corrected chi connectivity index (χ2v) is 28.1. The highest BCUT2D eigenvalue weighted by atomic mass is 33.1. The fourth-order valence-corrected chi connectivity index (χ4v) is 12.6. The van der Waals surface area contributed by atoms with Gasteiger partial charge in [0.1, 0.15) is 30.2 Å². The molecule has 0 aliphatic carbocycles. The molecule has 1 aromatic carbocycles. The Hall–Kier alpha value is -6.65. The van der Waals surface area contributed by atoms with Crippen molar-refractivity contribution in [2.24, 2.45) is 45.9 Å². The number of aliphatic hydroxyl groups excluding tert-OH is 2. The number of carbonyl (C=O) groups excluding carboxylic acids is 10. The summed E-state index contributed by atoms with van der Waals surface area (Å²) in [5.74, 6) is -16.3. The molecule has 0 spiro atoms. The van der Waals surface area contributed by atoms with Crippen LogP contribution in [-0.2, 0) is 69.4 Å². The van der Waals surface area contributed by atoms with E-state index in [0.29, 0.717) is 5.56 Å². The summed E-state index contributed by atoms with van der Waals surface area (Å²) in [6, 6.07) is -1.78. The molecule has 26 nitrogen and oxygen atoms in total. The van der Waals surface area contributed by atoms with Crippen LogP contribution in [0.15, 0.2) is 29.3 Å². The molecular weight excluding hydrogens is 1160 g/mol. The van der Waals surface area contributed by atoms with Gasteiger partial charge in [-0.05, 0) is 89.2 Å². The zero-order valence-electron chi connectivity index (χ0n) is 51.5. The van der Waals surface area contributed by atoms with Gasteiger partial charge in [0.2, 0.25) is 41.4 Å². The number of rotatable bonds is 23. The zero-order valence-corrected chi connectivity index (χ0v) is 53.1. The summed E-state index contributed by atoms with van der Waals surface area (Å²) >= 11 is 0. The SMILES string of the molecule is CC(=O)N[C@@H]1C(=O)N(C)[C@@H](CCCN=C(N)N)C(=O)N[C@@H](CO)C(=O)C[C@@H](CC(=O)O)C(=O)N[C@@H](C(C)O)C(=O)C[C@@H](CC(C)C)C(=O)N[C@H](C(=O)C[C@@H](Cc2ccc(C(C)(C)C)cc2)C(=O)N[C@@H](CCC(=O)O)CC(N)=O)C(C)(C)SSC1(C)C. The van der Waals surface area contributed by atoms with E-state index in [-0.39, 0.29) is 55.9 Å². The van der Waals surface area contributed by atoms with Gasteiger partial charge in [0.15, 0.2) is 23.3 Å². The number of carbonyl (C=O) groups is 12. The number of nitrogens with two attached hydrogens (primary N) is 3. The Morgan fingerprint density at radius 1 is 0.814 bits per heavy atom. The number of primary amides is 1. The van der Waals surface area contributed by atoms with Crippen molar-refractivity contribution in [1.29, 1.82) is 0 Å². The minimum atomic E-state index is -1.79. The Bertz CT molecular complexity index is 2620. The minimum absolute atomic E-state index is 0.00475. The molecule has 1 aliphatic rings. The lowest BCUT2D eigenvalue weighted by Gasteiger charge is -2.40. The maximum absolute atomic E-state index is 15.5. The van der Waals surface area contributed by atoms with Crippen LogP contribution in [0.3, 0.4) is 0 Å². The number of hydrogen-bond donors (Lipinski definition) is 12. The van der Waals surface area contributed by atoms with Gasteiger partial charge in [-0.25, -0.2) is 0 Å². The second-order valence-electron chi connectivity index (χ2n) is 24.6. The molecule has 10 atom stereocenters. The molecule has 7 amide bonds. The van der Waals surface area contributed by atoms with Gasteiger partial charge in [0.05, 0.1) is 25.0 Å². The fourth-order valence-electron chi connectivity index (χ4n) is 9.74. The fraction of sp³-hybridized carbons (Fsp3) is 0.672. The van der Waals surface area contributed by atoms with Crippen molar-refractivity contribution in [2.75, 3.05) is 20.2 Å². The number of nitrogens with one attached hydrogen (secondary N) is 5. The number of likely N-dealkylation sites (N-methyl/N-ethyl adjacent to an activating group) is 1. The monoisotopic (exact) mass is 1250 g/mol. The minimum Gasteiger partial charge on any atom is -0.481 e. The summed E-state index contributed by atoms with van der Waals surface area (Å²) in [6.45, 7) is 17.2. The predicted octanol–water partition coefficient (Wildman–Crippen LogP) is 1.16. The molecule has 1 heterocycles. The van der Waals surface area contributed by atoms with Crippen molar-refractivity contribution < 1.29 is 78.0 Å². The van der Waals surface area contributed by atoms with Crippen LogP contribution in [0, 0.1) is 23.7 Å². The summed E-state index contributed by atoms with van der Waals surface area (Å²) in [5.41, 5.74) is 17.9. The molecule has 0 radical (unpaired) electrons. The number of aliphatic hydroxyl groups is 2. The Morgan fingerprint density at radius 2 is 1.40 bits per heavy atom. The summed E-state index contributed by atoms with van der Waals surface area (Å²) in [4.78, 5) is 171. The standard InChI is InChI=1S/C58H92N10O16S2/c1-30(2)22-34-25-42(73)47(31(3)70)66-51(81)36(27-46(78)79)24-41(72)39(29-69)65-53(83)40(14-13-21-62-55(60)61)68(12)54(84)49(63-32(4)71)58(10,11)86-85-57(8,9)48(67-52(34)82)43(74)26-35(23-33-15-17-37(18-16-33)56(5,6)7)50(80)64-38(28-44(59)75)19-20-45(76)77/h15-18,30-31,34-36,38-40,47-49,69-70H,13-14,19-29H2,1-12H3,(H2,59,75)(H,63,71)(H,64,80)(H,65,83)(H,66,81)(H,67,82)(H,76,77)(H,78,79)(H4,60,61,62)/t31?,34-,35-,36+,38+,39+,40+,47+,48-,49-/m1/s1. The average Bonchev–Trinajstić information content (AvgIpc) is 1.48. The molecule has 1 aromatic rings. The topological polar surface area (TPSA) is 440 Å². The number of ketones is 3. The van der Waals surface area contributed by atoms with Crippen LogP contribution in [0.1, 0.15) is 151 Å². The zero-order chi connectivity index (χ0) is 65.8.